The van der Waals surface area contributed by atoms with E-state index in [1.165, 1.54) is 67.4 Å². The molecule has 0 bridgehead atoms. The van der Waals surface area contributed by atoms with Gasteiger partial charge in [0.2, 0.25) is 0 Å². The van der Waals surface area contributed by atoms with Crippen molar-refractivity contribution in [3.05, 3.63) is 246 Å². The molecule has 0 heterocycles. The number of rotatable bonds is 6. The fourth-order valence-corrected chi connectivity index (χ4v) is 17.9. The molecule has 0 N–H and O–H groups in total. The zero-order valence-corrected chi connectivity index (χ0v) is 41.8. The van der Waals surface area contributed by atoms with Crippen LogP contribution in [0.1, 0.15) is 67.5 Å². The molecule has 2 atom stereocenters. The van der Waals surface area contributed by atoms with E-state index >= 15 is 0 Å². The van der Waals surface area contributed by atoms with E-state index in [-0.39, 0.29) is 55.6 Å². The van der Waals surface area contributed by atoms with Gasteiger partial charge in [0.15, 0.2) is 5.90 Å². The van der Waals surface area contributed by atoms with E-state index in [4.69, 9.17) is 12.8 Å². The first-order chi connectivity index (χ1) is 29.7. The maximum absolute atomic E-state index is 7.43. The predicted molar refractivity (Wildman–Crippen MR) is 267 cm³/mol. The average molecular weight is 1130 g/mol. The molecule has 0 fully saturated rings. The van der Waals surface area contributed by atoms with Crippen LogP contribution in [0.15, 0.2) is 200 Å². The van der Waals surface area contributed by atoms with E-state index in [1.54, 1.807) is 5.30 Å². The summed E-state index contributed by atoms with van der Waals surface area (Å²) in [6, 6.07) is 62.9. The van der Waals surface area contributed by atoms with Crippen molar-refractivity contribution in [3.8, 4) is 34.1 Å². The normalized spacial score (nSPS) is 15.4. The molecule has 0 saturated heterocycles. The summed E-state index contributed by atoms with van der Waals surface area (Å²) in [5.41, 5.74) is 12.7. The molecule has 0 aromatic heterocycles. The topological polar surface area (TPSA) is 0 Å². The average Bonchev–Trinajstić information content (AvgIpc) is 3.71. The smallest absolute Gasteiger partial charge is 0.366 e. The van der Waals surface area contributed by atoms with Gasteiger partial charge in [0.05, 0.1) is 18.9 Å². The van der Waals surface area contributed by atoms with Crippen molar-refractivity contribution in [1.29, 1.82) is 0 Å². The second-order valence-corrected chi connectivity index (χ2v) is 22.9. The molecule has 0 spiro atoms. The molecule has 4 heteroatoms. The van der Waals surface area contributed by atoms with Crippen LogP contribution < -0.4 is 15.9 Å². The van der Waals surface area contributed by atoms with Crippen molar-refractivity contribution in [3.63, 3.8) is 0 Å². The monoisotopic (exact) mass is 1130 g/mol. The number of allylic oxidation sites excluding steroid dienone is 4. The van der Waals surface area contributed by atoms with Gasteiger partial charge in [0, 0.05) is 17.3 Å². The van der Waals surface area contributed by atoms with Gasteiger partial charge < -0.3 is 12.8 Å². The summed E-state index contributed by atoms with van der Waals surface area (Å²) < 4.78 is 0. The maximum Gasteiger partial charge on any atom is 1.00 e. The van der Waals surface area contributed by atoms with Crippen LogP contribution in [0.5, 0.6) is 0 Å². The first-order valence-corrected chi connectivity index (χ1v) is 24.8. The molecule has 0 amide bonds. The summed E-state index contributed by atoms with van der Waals surface area (Å²) in [5.74, 6) is 6.43. The minimum absolute atomic E-state index is 0. The molecular formula is C59H52AgAuP2+2. The Morgan fingerprint density at radius 1 is 0.492 bits per heavy atom. The van der Waals surface area contributed by atoms with Gasteiger partial charge in [-0.3, -0.25) is 11.8 Å². The van der Waals surface area contributed by atoms with Gasteiger partial charge in [0.1, 0.15) is 18.5 Å². The largest absolute Gasteiger partial charge is 1.00 e. The van der Waals surface area contributed by atoms with Gasteiger partial charge in [-0.25, -0.2) is 0 Å². The van der Waals surface area contributed by atoms with E-state index < -0.39 is 15.8 Å². The zero-order chi connectivity index (χ0) is 42.4. The van der Waals surface area contributed by atoms with Crippen LogP contribution >= 0.6 is 15.8 Å². The minimum atomic E-state index is -0.807. The second kappa shape index (κ2) is 21.4. The third kappa shape index (κ3) is 9.93. The van der Waals surface area contributed by atoms with Crippen molar-refractivity contribution < 1.29 is 44.8 Å². The van der Waals surface area contributed by atoms with E-state index in [0.717, 1.165) is 11.1 Å². The summed E-state index contributed by atoms with van der Waals surface area (Å²) in [6.07, 6.45) is 25.3. The molecule has 318 valence electrons. The van der Waals surface area contributed by atoms with Crippen LogP contribution in [0.4, 0.5) is 0 Å². The van der Waals surface area contributed by atoms with E-state index in [2.05, 4.69) is 215 Å². The summed E-state index contributed by atoms with van der Waals surface area (Å²) in [4.78, 5) is 0. The third-order valence-electron chi connectivity index (χ3n) is 12.7. The molecule has 3 aliphatic rings. The van der Waals surface area contributed by atoms with E-state index in [0.29, 0.717) is 5.66 Å². The second-order valence-electron chi connectivity index (χ2n) is 17.0. The number of fused-ring (bicyclic) bond motifs is 6. The Morgan fingerprint density at radius 2 is 0.889 bits per heavy atom. The summed E-state index contributed by atoms with van der Waals surface area (Å²) >= 11 is 0. The molecule has 10 rings (SSSR count). The van der Waals surface area contributed by atoms with E-state index in [1.807, 2.05) is 24.3 Å². The molecule has 0 saturated carbocycles. The maximum atomic E-state index is 7.43. The Labute approximate surface area is 410 Å². The molecule has 3 aliphatic carbocycles. The zero-order valence-electron chi connectivity index (χ0n) is 36.1. The molecule has 2 unspecified atom stereocenters. The number of hydrogen-bond donors (Lipinski definition) is 0. The van der Waals surface area contributed by atoms with Gasteiger partial charge >= 0.3 is 44.8 Å². The van der Waals surface area contributed by atoms with E-state index in [9.17, 15) is 0 Å². The van der Waals surface area contributed by atoms with Crippen LogP contribution in [0.2, 0.25) is 0 Å². The van der Waals surface area contributed by atoms with Crippen molar-refractivity contribution >= 4 is 31.8 Å². The van der Waals surface area contributed by atoms with Gasteiger partial charge in [-0.2, -0.15) is 0 Å². The van der Waals surface area contributed by atoms with Crippen molar-refractivity contribution in [1.82, 2.24) is 0 Å². The minimum Gasteiger partial charge on any atom is -0.366 e. The molecule has 0 radical (unpaired) electrons. The molecule has 63 heavy (non-hydrogen) atoms. The predicted octanol–water partition coefficient (Wildman–Crippen LogP) is 13.1. The molecule has 0 nitrogen and oxygen atoms in total. The van der Waals surface area contributed by atoms with Crippen LogP contribution in [-0.2, 0) is 55.6 Å². The Hall–Kier alpha value is -4.52. The Balaban J connectivity index is 0.000000161. The van der Waals surface area contributed by atoms with Gasteiger partial charge in [-0.05, 0) is 75.9 Å². The fourth-order valence-electron chi connectivity index (χ4n) is 9.50. The molecule has 7 aromatic carbocycles. The quantitative estimate of drug-likeness (QED) is 0.0674. The molecule has 0 aliphatic heterocycles. The number of hydrogen-bond acceptors (Lipinski definition) is 0. The first kappa shape index (κ1) is 47.9. The van der Waals surface area contributed by atoms with Crippen molar-refractivity contribution in [2.45, 2.75) is 50.6 Å². The molecular weight excluding hydrogens is 1080 g/mol. The Bertz CT molecular complexity index is 2640. The van der Waals surface area contributed by atoms with Crippen LogP contribution in [0.3, 0.4) is 0 Å². The summed E-state index contributed by atoms with van der Waals surface area (Å²) in [7, 11) is -1.52. The standard InChI is InChI=1S/C25H24P2.2C17H13.Ag.Au/c1-5-13-22(14-6-1)26(23-15-7-2-8-16-23)21-27(24-17-9-3-10-18-24)25-19-11-4-12-20-25;2*1-4-12-8-7-11-15-16(12)13-9-5-6-10-14(13)17(15,2)3;;/h1-19,25H,20-21H2;2*5-11H,2-3H3;;/q;2*-1;2*+1/p+2. The van der Waals surface area contributed by atoms with Crippen molar-refractivity contribution in [2.75, 3.05) is 5.90 Å². The summed E-state index contributed by atoms with van der Waals surface area (Å²) in [5, 5.41) is 4.63. The fraction of sp³-hybridized carbons (Fsp3) is 0.153. The summed E-state index contributed by atoms with van der Waals surface area (Å²) in [6.45, 7) is 8.97. The van der Waals surface area contributed by atoms with Gasteiger partial charge in [-0.1, -0.05) is 184 Å². The first-order valence-electron chi connectivity index (χ1n) is 21.3. The SMILES string of the molecule is C1=CCC([PH+](C[PH+](c2ccccc2)c2ccccc2)c2ccccc2)C=C1.[Ag+].[Au+].[C-]#Cc1cccc2c1-c1ccccc1C2(C)C.[C-]#Cc1cccc2c1-c1ccccc1C2(C)C. The Kier molecular flexibility index (Phi) is 16.3. The van der Waals surface area contributed by atoms with Crippen LogP contribution in [0.25, 0.3) is 22.3 Å². The van der Waals surface area contributed by atoms with Crippen molar-refractivity contribution in [2.24, 2.45) is 0 Å². The third-order valence-corrected chi connectivity index (χ3v) is 20.1. The Morgan fingerprint density at radius 3 is 1.30 bits per heavy atom. The number of benzene rings is 7. The molecule has 7 aromatic rings. The van der Waals surface area contributed by atoms with Gasteiger partial charge in [-0.15, -0.1) is 23.3 Å². The van der Waals surface area contributed by atoms with Gasteiger partial charge in [0.25, 0.3) is 0 Å². The van der Waals surface area contributed by atoms with Crippen LogP contribution in [0, 0.1) is 24.7 Å². The van der Waals surface area contributed by atoms with Crippen LogP contribution in [-0.4, -0.2) is 11.6 Å².